The van der Waals surface area contributed by atoms with Gasteiger partial charge in [-0.05, 0) is 161 Å². The molecule has 0 bridgehead atoms. The molecule has 0 fully saturated rings. The highest BCUT2D eigenvalue weighted by molar-refractivity contribution is 6.15. The minimum absolute atomic E-state index is 0.485. The standard InChI is InChI=1S/C84H64N6/c1-50-34-51(2)39-64(38-50)60-26-30-74-69(46-60)70-47-61(65-40-52(3)35-53(4)41-65)27-31-75(70)89(74)78-24-16-22-68(84-87-82(58-18-12-10-13-19-58)86-83(88-84)59-20-14-11-15-21-59)80(78)81-73(85-9)23-17-25-79(81)90-76-32-28-62(66-42-54(5)36-55(6)43-66)48-71(76)72-49-63(29-33-77(72)90)67-44-56(7)37-57(8)45-67/h10-49H,1-8H3. The molecule has 0 saturated carbocycles. The van der Waals surface area contributed by atoms with Crippen LogP contribution >= 0.6 is 0 Å². The summed E-state index contributed by atoms with van der Waals surface area (Å²) in [5.41, 5.74) is 29.4. The highest BCUT2D eigenvalue weighted by Gasteiger charge is 2.28. The van der Waals surface area contributed by atoms with Gasteiger partial charge in [0.15, 0.2) is 23.2 Å². The van der Waals surface area contributed by atoms with Gasteiger partial charge in [0.1, 0.15) is 0 Å². The molecule has 0 spiro atoms. The van der Waals surface area contributed by atoms with Gasteiger partial charge in [-0.3, -0.25) is 0 Å². The largest absolute Gasteiger partial charge is 0.310 e. The van der Waals surface area contributed by atoms with Crippen molar-refractivity contribution in [1.29, 1.82) is 0 Å². The van der Waals surface area contributed by atoms with E-state index in [9.17, 15) is 6.57 Å². The maximum atomic E-state index is 9.31. The van der Waals surface area contributed by atoms with E-state index in [2.05, 4.69) is 239 Å². The molecule has 0 aliphatic heterocycles. The molecule has 0 saturated heterocycles. The third-order valence-electron chi connectivity index (χ3n) is 17.6. The van der Waals surface area contributed by atoms with Gasteiger partial charge in [-0.1, -0.05) is 226 Å². The van der Waals surface area contributed by atoms with Crippen molar-refractivity contribution in [2.45, 2.75) is 55.4 Å². The van der Waals surface area contributed by atoms with Gasteiger partial charge in [-0.15, -0.1) is 0 Å². The first-order chi connectivity index (χ1) is 43.8. The molecule has 430 valence electrons. The Hall–Kier alpha value is -11.3. The molecule has 6 nitrogen and oxygen atoms in total. The Balaban J connectivity index is 1.07. The third kappa shape index (κ3) is 9.91. The van der Waals surface area contributed by atoms with Crippen molar-refractivity contribution in [3.8, 4) is 101 Å². The molecule has 3 aromatic heterocycles. The number of aromatic nitrogens is 5. The van der Waals surface area contributed by atoms with Crippen LogP contribution in [0.2, 0.25) is 0 Å². The van der Waals surface area contributed by atoms with E-state index in [0.29, 0.717) is 23.2 Å². The third-order valence-corrected chi connectivity index (χ3v) is 17.6. The summed E-state index contributed by atoms with van der Waals surface area (Å²) in [7, 11) is 0. The zero-order chi connectivity index (χ0) is 61.5. The van der Waals surface area contributed by atoms with Crippen molar-refractivity contribution in [1.82, 2.24) is 24.1 Å². The summed E-state index contributed by atoms with van der Waals surface area (Å²) in [6, 6.07) is 87.8. The van der Waals surface area contributed by atoms with Crippen molar-refractivity contribution in [3.05, 3.63) is 299 Å². The van der Waals surface area contributed by atoms with Gasteiger partial charge in [0, 0.05) is 55.0 Å². The van der Waals surface area contributed by atoms with Crippen LogP contribution < -0.4 is 0 Å². The van der Waals surface area contributed by atoms with Gasteiger partial charge < -0.3 is 9.13 Å². The van der Waals surface area contributed by atoms with Gasteiger partial charge in [0.25, 0.3) is 0 Å². The van der Waals surface area contributed by atoms with Crippen LogP contribution in [0.15, 0.2) is 243 Å². The normalized spacial score (nSPS) is 11.5. The lowest BCUT2D eigenvalue weighted by molar-refractivity contribution is 1.07. The Morgan fingerprint density at radius 3 is 0.911 bits per heavy atom. The summed E-state index contributed by atoms with van der Waals surface area (Å²) in [5, 5.41) is 4.45. The van der Waals surface area contributed by atoms with Crippen LogP contribution in [-0.4, -0.2) is 24.1 Å². The zero-order valence-corrected chi connectivity index (χ0v) is 51.8. The van der Waals surface area contributed by atoms with Crippen LogP contribution in [0.3, 0.4) is 0 Å². The number of aryl methyl sites for hydroxylation is 8. The lowest BCUT2D eigenvalue weighted by atomic mass is 9.93. The summed E-state index contributed by atoms with van der Waals surface area (Å²) in [6.07, 6.45) is 0. The lowest BCUT2D eigenvalue weighted by Crippen LogP contribution is -2.06. The van der Waals surface area contributed by atoms with Crippen LogP contribution in [0, 0.1) is 62.0 Å². The minimum Gasteiger partial charge on any atom is -0.310 e. The Labute approximate surface area is 525 Å². The number of hydrogen-bond donors (Lipinski definition) is 0. The first kappa shape index (κ1) is 55.3. The molecule has 15 rings (SSSR count). The zero-order valence-electron chi connectivity index (χ0n) is 51.8. The van der Waals surface area contributed by atoms with Gasteiger partial charge >= 0.3 is 0 Å². The van der Waals surface area contributed by atoms with Gasteiger partial charge in [0.2, 0.25) is 0 Å². The fourth-order valence-electron chi connectivity index (χ4n) is 14.0. The second kappa shape index (κ2) is 22.2. The average molecular weight is 1160 g/mol. The smallest absolute Gasteiger partial charge is 0.197 e. The van der Waals surface area contributed by atoms with E-state index >= 15 is 0 Å². The second-order valence-corrected chi connectivity index (χ2v) is 24.6. The average Bonchev–Trinajstić information content (AvgIpc) is 1.49. The molecule has 12 aromatic carbocycles. The quantitative estimate of drug-likeness (QED) is 0.128. The molecule has 0 atom stereocenters. The fourth-order valence-corrected chi connectivity index (χ4v) is 14.0. The van der Waals surface area contributed by atoms with Crippen LogP contribution in [0.5, 0.6) is 0 Å². The second-order valence-electron chi connectivity index (χ2n) is 24.6. The van der Waals surface area contributed by atoms with E-state index in [-0.39, 0.29) is 0 Å². The Morgan fingerprint density at radius 1 is 0.267 bits per heavy atom. The molecule has 90 heavy (non-hydrogen) atoms. The Morgan fingerprint density at radius 2 is 0.578 bits per heavy atom. The van der Waals surface area contributed by atoms with Crippen LogP contribution in [0.25, 0.3) is 150 Å². The highest BCUT2D eigenvalue weighted by Crippen LogP contribution is 2.50. The van der Waals surface area contributed by atoms with E-state index in [1.807, 2.05) is 72.8 Å². The van der Waals surface area contributed by atoms with E-state index in [1.165, 1.54) is 66.8 Å². The lowest BCUT2D eigenvalue weighted by Gasteiger charge is -2.22. The number of rotatable bonds is 10. The van der Waals surface area contributed by atoms with Gasteiger partial charge in [-0.25, -0.2) is 19.8 Å². The van der Waals surface area contributed by atoms with E-state index in [4.69, 9.17) is 15.0 Å². The number of hydrogen-bond acceptors (Lipinski definition) is 3. The van der Waals surface area contributed by atoms with Crippen LogP contribution in [-0.2, 0) is 0 Å². The van der Waals surface area contributed by atoms with Crippen molar-refractivity contribution in [2.24, 2.45) is 0 Å². The minimum atomic E-state index is 0.485. The SMILES string of the molecule is [C-]#[N+]c1cccc(-n2c3ccc(-c4cc(C)cc(C)c4)cc3c3cc(-c4cc(C)cc(C)c4)ccc32)c1-c1c(-c2nc(-c3ccccc3)nc(-c3ccccc3)n2)cccc1-n1c2ccc(-c3cc(C)cc(C)c3)cc2c2cc(-c3cc(C)cc(C)c3)ccc21. The monoisotopic (exact) mass is 1160 g/mol. The molecule has 0 amide bonds. The van der Waals surface area contributed by atoms with Crippen molar-refractivity contribution in [2.75, 3.05) is 0 Å². The first-order valence-corrected chi connectivity index (χ1v) is 30.8. The van der Waals surface area contributed by atoms with Crippen molar-refractivity contribution in [3.63, 3.8) is 0 Å². The first-order valence-electron chi connectivity index (χ1n) is 30.8. The topological polar surface area (TPSA) is 52.9 Å². The van der Waals surface area contributed by atoms with Crippen LogP contribution in [0.4, 0.5) is 5.69 Å². The maximum Gasteiger partial charge on any atom is 0.197 e. The molecule has 0 N–H and O–H groups in total. The highest BCUT2D eigenvalue weighted by atomic mass is 15.0. The predicted molar refractivity (Wildman–Crippen MR) is 376 cm³/mol. The molecule has 3 heterocycles. The summed E-state index contributed by atoms with van der Waals surface area (Å²) in [4.78, 5) is 20.7. The Bertz CT molecular complexity index is 5110. The van der Waals surface area contributed by atoms with Crippen molar-refractivity contribution >= 4 is 49.3 Å². The number of nitrogens with zero attached hydrogens (tertiary/aromatic N) is 6. The number of benzene rings is 12. The molecule has 15 aromatic rings. The van der Waals surface area contributed by atoms with Gasteiger partial charge in [0.05, 0.1) is 34.3 Å². The van der Waals surface area contributed by atoms with Gasteiger partial charge in [-0.2, -0.15) is 0 Å². The predicted octanol–water partition coefficient (Wildman–Crippen LogP) is 22.4. The molecule has 6 heteroatoms. The molecule has 0 aliphatic carbocycles. The Kier molecular flexibility index (Phi) is 13.6. The summed E-state index contributed by atoms with van der Waals surface area (Å²) < 4.78 is 4.81. The maximum absolute atomic E-state index is 9.31. The summed E-state index contributed by atoms with van der Waals surface area (Å²) >= 11 is 0. The van der Waals surface area contributed by atoms with Crippen LogP contribution in [0.1, 0.15) is 44.5 Å². The molecule has 0 aliphatic rings. The van der Waals surface area contributed by atoms with Crippen molar-refractivity contribution < 1.29 is 0 Å². The van der Waals surface area contributed by atoms with E-state index in [0.717, 1.165) is 105 Å². The molecular formula is C84H64N6. The molecular weight excluding hydrogens is 1090 g/mol. The molecule has 0 radical (unpaired) electrons. The number of fused-ring (bicyclic) bond motifs is 6. The van der Waals surface area contributed by atoms with E-state index < -0.39 is 0 Å². The molecule has 0 unspecified atom stereocenters. The summed E-state index contributed by atoms with van der Waals surface area (Å²) in [6.45, 7) is 26.7. The van der Waals surface area contributed by atoms with E-state index in [1.54, 1.807) is 0 Å². The summed E-state index contributed by atoms with van der Waals surface area (Å²) in [5.74, 6) is 1.58. The fraction of sp³-hybridized carbons (Fsp3) is 0.0952.